The molecule has 0 saturated carbocycles. The quantitative estimate of drug-likeness (QED) is 0.590. The van der Waals surface area contributed by atoms with Gasteiger partial charge in [-0.1, -0.05) is 44.0 Å². The first-order chi connectivity index (χ1) is 5.84. The van der Waals surface area contributed by atoms with Crippen LogP contribution in [0.5, 0.6) is 0 Å². The lowest BCUT2D eigenvalue weighted by atomic mass is 10.0. The van der Waals surface area contributed by atoms with Gasteiger partial charge >= 0.3 is 0 Å². The van der Waals surface area contributed by atoms with Crippen molar-refractivity contribution < 1.29 is 0 Å². The minimum absolute atomic E-state index is 1.21. The number of rotatable bonds is 4. The Morgan fingerprint density at radius 3 is 2.67 bits per heavy atom. The molecule has 0 aromatic heterocycles. The molecule has 1 radical (unpaired) electrons. The molecule has 65 valence electrons. The van der Waals surface area contributed by atoms with Crippen molar-refractivity contribution in [1.29, 1.82) is 0 Å². The first-order valence-electron chi connectivity index (χ1n) is 4.73. The molecule has 0 atom stereocenters. The van der Waals surface area contributed by atoms with Crippen LogP contribution in [-0.2, 0) is 0 Å². The average molecular weight is 161 g/mol. The lowest BCUT2D eigenvalue weighted by Gasteiger charge is -2.03. The third kappa shape index (κ3) is 2.69. The van der Waals surface area contributed by atoms with E-state index in [1.807, 2.05) is 0 Å². The zero-order chi connectivity index (χ0) is 8.81. The minimum Gasteiger partial charge on any atom is -0.0654 e. The predicted molar refractivity (Wildman–Crippen MR) is 54.1 cm³/mol. The SMILES string of the molecule is CCCC[CH]c1ccccc1C. The summed E-state index contributed by atoms with van der Waals surface area (Å²) in [6.07, 6.45) is 6.12. The Labute approximate surface area is 75.6 Å². The smallest absolute Gasteiger partial charge is 0.00904 e. The first kappa shape index (κ1) is 9.31. The highest BCUT2D eigenvalue weighted by atomic mass is 14.0. The summed E-state index contributed by atoms with van der Waals surface area (Å²) in [5.41, 5.74) is 2.78. The van der Waals surface area contributed by atoms with Crippen molar-refractivity contribution in [2.75, 3.05) is 0 Å². The normalized spacial score (nSPS) is 10.2. The molecule has 0 aliphatic heterocycles. The zero-order valence-electron chi connectivity index (χ0n) is 8.01. The molecule has 0 unspecified atom stereocenters. The molecule has 0 bridgehead atoms. The van der Waals surface area contributed by atoms with E-state index in [0.29, 0.717) is 0 Å². The standard InChI is InChI=1S/C12H17/c1-3-4-5-9-12-10-7-6-8-11(12)2/h6-10H,3-5H2,1-2H3. The Bertz CT molecular complexity index is 225. The average Bonchev–Trinajstić information content (AvgIpc) is 2.09. The Morgan fingerprint density at radius 1 is 1.25 bits per heavy atom. The Balaban J connectivity index is 2.46. The molecule has 12 heavy (non-hydrogen) atoms. The summed E-state index contributed by atoms with van der Waals surface area (Å²) in [6.45, 7) is 4.39. The van der Waals surface area contributed by atoms with Gasteiger partial charge in [0.25, 0.3) is 0 Å². The van der Waals surface area contributed by atoms with E-state index < -0.39 is 0 Å². The van der Waals surface area contributed by atoms with Gasteiger partial charge in [-0.3, -0.25) is 0 Å². The monoisotopic (exact) mass is 161 g/mol. The molecule has 0 amide bonds. The predicted octanol–water partition coefficient (Wildman–Crippen LogP) is 3.74. The molecule has 0 aliphatic carbocycles. The van der Waals surface area contributed by atoms with Gasteiger partial charge < -0.3 is 0 Å². The van der Waals surface area contributed by atoms with Gasteiger partial charge in [-0.2, -0.15) is 0 Å². The van der Waals surface area contributed by atoms with E-state index in [9.17, 15) is 0 Å². The van der Waals surface area contributed by atoms with Crippen LogP contribution in [-0.4, -0.2) is 0 Å². The minimum atomic E-state index is 1.21. The van der Waals surface area contributed by atoms with Crippen LogP contribution >= 0.6 is 0 Å². The van der Waals surface area contributed by atoms with Crippen molar-refractivity contribution in [2.24, 2.45) is 0 Å². The van der Waals surface area contributed by atoms with Crippen LogP contribution in [0.25, 0.3) is 0 Å². The van der Waals surface area contributed by atoms with Gasteiger partial charge in [-0.05, 0) is 30.9 Å². The summed E-state index contributed by atoms with van der Waals surface area (Å²) in [6, 6.07) is 8.54. The number of hydrogen-bond acceptors (Lipinski definition) is 0. The fourth-order valence-electron chi connectivity index (χ4n) is 1.28. The summed E-state index contributed by atoms with van der Waals surface area (Å²) in [5, 5.41) is 0. The lowest BCUT2D eigenvalue weighted by Crippen LogP contribution is -1.85. The van der Waals surface area contributed by atoms with Crippen LogP contribution in [0.15, 0.2) is 24.3 Å². The van der Waals surface area contributed by atoms with E-state index in [1.54, 1.807) is 0 Å². The van der Waals surface area contributed by atoms with E-state index in [4.69, 9.17) is 0 Å². The van der Waals surface area contributed by atoms with Gasteiger partial charge in [0, 0.05) is 0 Å². The fourth-order valence-corrected chi connectivity index (χ4v) is 1.28. The Morgan fingerprint density at radius 2 is 2.00 bits per heavy atom. The molecular formula is C12H17. The molecule has 0 fully saturated rings. The summed E-state index contributed by atoms with van der Waals surface area (Å²) in [5.74, 6) is 0. The van der Waals surface area contributed by atoms with Crippen molar-refractivity contribution in [3.63, 3.8) is 0 Å². The molecule has 0 spiro atoms. The van der Waals surface area contributed by atoms with Crippen molar-refractivity contribution in [3.8, 4) is 0 Å². The number of benzene rings is 1. The molecule has 0 heterocycles. The van der Waals surface area contributed by atoms with Crippen molar-refractivity contribution in [2.45, 2.75) is 33.1 Å². The van der Waals surface area contributed by atoms with Crippen molar-refractivity contribution >= 4 is 0 Å². The number of hydrogen-bond donors (Lipinski definition) is 0. The van der Waals surface area contributed by atoms with E-state index >= 15 is 0 Å². The summed E-state index contributed by atoms with van der Waals surface area (Å²) < 4.78 is 0. The summed E-state index contributed by atoms with van der Waals surface area (Å²) in [7, 11) is 0. The second-order valence-electron chi connectivity index (χ2n) is 3.20. The number of aryl methyl sites for hydroxylation is 1. The Kier molecular flexibility index (Phi) is 3.86. The molecule has 0 saturated heterocycles. The molecule has 1 aromatic carbocycles. The molecule has 0 nitrogen and oxygen atoms in total. The fraction of sp³-hybridized carbons (Fsp3) is 0.417. The van der Waals surface area contributed by atoms with Crippen LogP contribution in [0.2, 0.25) is 0 Å². The van der Waals surface area contributed by atoms with Crippen LogP contribution in [0, 0.1) is 13.3 Å². The Hall–Kier alpha value is -0.780. The molecule has 0 aliphatic rings. The lowest BCUT2D eigenvalue weighted by molar-refractivity contribution is 0.790. The third-order valence-corrected chi connectivity index (χ3v) is 2.11. The van der Waals surface area contributed by atoms with Crippen LogP contribution in [0.4, 0.5) is 0 Å². The van der Waals surface area contributed by atoms with E-state index in [1.165, 1.54) is 30.4 Å². The highest BCUT2D eigenvalue weighted by Crippen LogP contribution is 2.12. The molecular weight excluding hydrogens is 144 g/mol. The third-order valence-electron chi connectivity index (χ3n) is 2.11. The highest BCUT2D eigenvalue weighted by Gasteiger charge is 1.95. The van der Waals surface area contributed by atoms with E-state index in [0.717, 1.165) is 0 Å². The zero-order valence-corrected chi connectivity index (χ0v) is 8.01. The van der Waals surface area contributed by atoms with E-state index in [2.05, 4.69) is 44.5 Å². The molecule has 0 heteroatoms. The molecule has 1 rings (SSSR count). The maximum Gasteiger partial charge on any atom is -0.00904 e. The maximum absolute atomic E-state index is 2.33. The molecule has 0 N–H and O–H groups in total. The van der Waals surface area contributed by atoms with Crippen molar-refractivity contribution in [3.05, 3.63) is 41.8 Å². The summed E-state index contributed by atoms with van der Waals surface area (Å²) in [4.78, 5) is 0. The van der Waals surface area contributed by atoms with Gasteiger partial charge in [0.05, 0.1) is 0 Å². The van der Waals surface area contributed by atoms with Crippen LogP contribution in [0.3, 0.4) is 0 Å². The van der Waals surface area contributed by atoms with Gasteiger partial charge in [0.2, 0.25) is 0 Å². The second-order valence-corrected chi connectivity index (χ2v) is 3.20. The van der Waals surface area contributed by atoms with Crippen molar-refractivity contribution in [1.82, 2.24) is 0 Å². The topological polar surface area (TPSA) is 0 Å². The van der Waals surface area contributed by atoms with Crippen LogP contribution in [0.1, 0.15) is 37.3 Å². The second kappa shape index (κ2) is 4.97. The van der Waals surface area contributed by atoms with E-state index in [-0.39, 0.29) is 0 Å². The van der Waals surface area contributed by atoms with Gasteiger partial charge in [0.1, 0.15) is 0 Å². The number of unbranched alkanes of at least 4 members (excludes halogenated alkanes) is 2. The largest absolute Gasteiger partial charge is 0.0654 e. The molecule has 1 aromatic rings. The maximum atomic E-state index is 2.33. The first-order valence-corrected chi connectivity index (χ1v) is 4.73. The summed E-state index contributed by atoms with van der Waals surface area (Å²) >= 11 is 0. The van der Waals surface area contributed by atoms with Crippen LogP contribution < -0.4 is 0 Å². The van der Waals surface area contributed by atoms with Gasteiger partial charge in [-0.25, -0.2) is 0 Å². The van der Waals surface area contributed by atoms with Gasteiger partial charge in [0.15, 0.2) is 0 Å². The highest BCUT2D eigenvalue weighted by molar-refractivity contribution is 5.31. The van der Waals surface area contributed by atoms with Gasteiger partial charge in [-0.15, -0.1) is 0 Å².